The average Bonchev–Trinajstić information content (AvgIpc) is 3.07. The highest BCUT2D eigenvalue weighted by molar-refractivity contribution is 5.84. The Morgan fingerprint density at radius 2 is 1.65 bits per heavy atom. The molecule has 4 rings (SSSR count). The van der Waals surface area contributed by atoms with Crippen molar-refractivity contribution < 1.29 is 19.0 Å². The van der Waals surface area contributed by atoms with Crippen LogP contribution in [0.2, 0.25) is 0 Å². The predicted octanol–water partition coefficient (Wildman–Crippen LogP) is 0.505. The molecule has 0 radical (unpaired) electrons. The third kappa shape index (κ3) is 2.90. The molecule has 4 heterocycles. The SMILES string of the molecule is O=C(N1CCOCC1)[C@@]12CCO[C@@H]1CCN(C1CCOCC1)C2. The molecule has 4 saturated heterocycles. The molecule has 1 amide bonds. The number of hydrogen-bond acceptors (Lipinski definition) is 5. The number of morpholine rings is 1. The maximum absolute atomic E-state index is 13.3. The van der Waals surface area contributed by atoms with Crippen LogP contribution in [0.15, 0.2) is 0 Å². The summed E-state index contributed by atoms with van der Waals surface area (Å²) < 4.78 is 16.9. The molecule has 0 spiro atoms. The van der Waals surface area contributed by atoms with E-state index >= 15 is 0 Å². The Balaban J connectivity index is 1.51. The third-order valence-electron chi connectivity index (χ3n) is 6.08. The van der Waals surface area contributed by atoms with Crippen LogP contribution in [-0.4, -0.2) is 87.1 Å². The fourth-order valence-electron chi connectivity index (χ4n) is 4.72. The first-order valence-corrected chi connectivity index (χ1v) is 9.10. The fourth-order valence-corrected chi connectivity index (χ4v) is 4.72. The van der Waals surface area contributed by atoms with Gasteiger partial charge >= 0.3 is 0 Å². The van der Waals surface area contributed by atoms with Gasteiger partial charge in [-0.25, -0.2) is 0 Å². The molecule has 0 bridgehead atoms. The van der Waals surface area contributed by atoms with E-state index in [0.717, 1.165) is 71.7 Å². The number of ether oxygens (including phenoxy) is 3. The predicted molar refractivity (Wildman–Crippen MR) is 84.2 cm³/mol. The van der Waals surface area contributed by atoms with Gasteiger partial charge in [-0.1, -0.05) is 0 Å². The van der Waals surface area contributed by atoms with Crippen LogP contribution in [0.3, 0.4) is 0 Å². The number of likely N-dealkylation sites (tertiary alicyclic amines) is 1. The Labute approximate surface area is 138 Å². The number of carbonyl (C=O) groups is 1. The first-order chi connectivity index (χ1) is 11.3. The van der Waals surface area contributed by atoms with Crippen LogP contribution in [0.25, 0.3) is 0 Å². The number of nitrogens with zero attached hydrogens (tertiary/aromatic N) is 2. The van der Waals surface area contributed by atoms with Gasteiger partial charge in [0.1, 0.15) is 0 Å². The number of fused-ring (bicyclic) bond motifs is 1. The fraction of sp³-hybridized carbons (Fsp3) is 0.941. The van der Waals surface area contributed by atoms with Gasteiger partial charge in [-0.2, -0.15) is 0 Å². The highest BCUT2D eigenvalue weighted by Crippen LogP contribution is 2.43. The van der Waals surface area contributed by atoms with Crippen LogP contribution in [0.4, 0.5) is 0 Å². The van der Waals surface area contributed by atoms with Crippen molar-refractivity contribution >= 4 is 5.91 Å². The molecule has 0 saturated carbocycles. The first-order valence-electron chi connectivity index (χ1n) is 9.10. The second-order valence-corrected chi connectivity index (χ2v) is 7.27. The number of amides is 1. The molecular weight excluding hydrogens is 296 g/mol. The van der Waals surface area contributed by atoms with Crippen LogP contribution in [0, 0.1) is 5.41 Å². The Morgan fingerprint density at radius 3 is 2.43 bits per heavy atom. The molecule has 23 heavy (non-hydrogen) atoms. The second-order valence-electron chi connectivity index (χ2n) is 7.27. The monoisotopic (exact) mass is 324 g/mol. The van der Waals surface area contributed by atoms with E-state index in [1.165, 1.54) is 0 Å². The van der Waals surface area contributed by atoms with Crippen molar-refractivity contribution in [3.8, 4) is 0 Å². The zero-order chi connectivity index (χ0) is 15.7. The maximum Gasteiger partial charge on any atom is 0.232 e. The Morgan fingerprint density at radius 1 is 0.913 bits per heavy atom. The molecular formula is C17H28N2O4. The second kappa shape index (κ2) is 6.67. The topological polar surface area (TPSA) is 51.2 Å². The van der Waals surface area contributed by atoms with E-state index in [9.17, 15) is 4.79 Å². The Hall–Kier alpha value is -0.690. The molecule has 130 valence electrons. The molecule has 2 atom stereocenters. The van der Waals surface area contributed by atoms with Crippen molar-refractivity contribution in [1.82, 2.24) is 9.80 Å². The lowest BCUT2D eigenvalue weighted by atomic mass is 9.74. The molecule has 0 unspecified atom stereocenters. The lowest BCUT2D eigenvalue weighted by Gasteiger charge is -2.48. The molecule has 4 fully saturated rings. The zero-order valence-electron chi connectivity index (χ0n) is 13.9. The third-order valence-corrected chi connectivity index (χ3v) is 6.08. The smallest absolute Gasteiger partial charge is 0.232 e. The van der Waals surface area contributed by atoms with Gasteiger partial charge in [0, 0.05) is 52.0 Å². The van der Waals surface area contributed by atoms with Gasteiger partial charge in [-0.05, 0) is 25.7 Å². The summed E-state index contributed by atoms with van der Waals surface area (Å²) in [6, 6.07) is 0.569. The van der Waals surface area contributed by atoms with Crippen molar-refractivity contribution in [1.29, 1.82) is 0 Å². The molecule has 0 N–H and O–H groups in total. The minimum Gasteiger partial charge on any atom is -0.381 e. The lowest BCUT2D eigenvalue weighted by molar-refractivity contribution is -0.156. The lowest BCUT2D eigenvalue weighted by Crippen LogP contribution is -2.61. The van der Waals surface area contributed by atoms with E-state index in [1.54, 1.807) is 0 Å². The number of rotatable bonds is 2. The maximum atomic E-state index is 13.3. The minimum absolute atomic E-state index is 0.105. The first kappa shape index (κ1) is 15.8. The van der Waals surface area contributed by atoms with Crippen LogP contribution in [0.5, 0.6) is 0 Å². The number of piperidine rings is 1. The number of hydrogen-bond donors (Lipinski definition) is 0. The molecule has 4 aliphatic rings. The van der Waals surface area contributed by atoms with Gasteiger partial charge in [0.2, 0.25) is 5.91 Å². The van der Waals surface area contributed by atoms with Gasteiger partial charge in [0.25, 0.3) is 0 Å². The summed E-state index contributed by atoms with van der Waals surface area (Å²) in [5.41, 5.74) is -0.326. The van der Waals surface area contributed by atoms with E-state index in [-0.39, 0.29) is 11.5 Å². The van der Waals surface area contributed by atoms with Crippen LogP contribution in [0.1, 0.15) is 25.7 Å². The highest BCUT2D eigenvalue weighted by Gasteiger charge is 2.55. The quantitative estimate of drug-likeness (QED) is 0.741. The molecule has 6 nitrogen and oxygen atoms in total. The zero-order valence-corrected chi connectivity index (χ0v) is 13.9. The Kier molecular flexibility index (Phi) is 4.58. The average molecular weight is 324 g/mol. The van der Waals surface area contributed by atoms with Crippen LogP contribution in [-0.2, 0) is 19.0 Å². The van der Waals surface area contributed by atoms with Crippen molar-refractivity contribution in [2.45, 2.75) is 37.8 Å². The van der Waals surface area contributed by atoms with Gasteiger partial charge in [0.15, 0.2) is 0 Å². The normalized spacial score (nSPS) is 36.9. The number of carbonyl (C=O) groups excluding carboxylic acids is 1. The van der Waals surface area contributed by atoms with Crippen LogP contribution < -0.4 is 0 Å². The largest absolute Gasteiger partial charge is 0.381 e. The summed E-state index contributed by atoms with van der Waals surface area (Å²) in [4.78, 5) is 17.9. The molecule has 4 aliphatic heterocycles. The van der Waals surface area contributed by atoms with E-state index in [0.29, 0.717) is 25.2 Å². The van der Waals surface area contributed by atoms with Crippen molar-refractivity contribution in [2.24, 2.45) is 5.41 Å². The minimum atomic E-state index is -0.326. The van der Waals surface area contributed by atoms with Crippen molar-refractivity contribution in [3.63, 3.8) is 0 Å². The van der Waals surface area contributed by atoms with Gasteiger partial charge in [-0.15, -0.1) is 0 Å². The van der Waals surface area contributed by atoms with Gasteiger partial charge < -0.3 is 19.1 Å². The standard InChI is InChI=1S/C17H28N2O4/c20-16(18-6-11-22-12-7-18)17-4-10-23-15(17)1-5-19(13-17)14-2-8-21-9-3-14/h14-15H,1-13H2/t15-,17-/m1/s1. The summed E-state index contributed by atoms with van der Waals surface area (Å²) in [6.45, 7) is 7.12. The summed E-state index contributed by atoms with van der Waals surface area (Å²) in [5, 5.41) is 0. The molecule has 0 aromatic rings. The van der Waals surface area contributed by atoms with Crippen LogP contribution >= 0.6 is 0 Å². The summed E-state index contributed by atoms with van der Waals surface area (Å²) in [7, 11) is 0. The van der Waals surface area contributed by atoms with Crippen molar-refractivity contribution in [3.05, 3.63) is 0 Å². The van der Waals surface area contributed by atoms with E-state index in [1.807, 2.05) is 4.90 Å². The Bertz CT molecular complexity index is 434. The highest BCUT2D eigenvalue weighted by atomic mass is 16.5. The van der Waals surface area contributed by atoms with E-state index in [2.05, 4.69) is 4.90 Å². The van der Waals surface area contributed by atoms with Crippen molar-refractivity contribution in [2.75, 3.05) is 59.2 Å². The molecule has 0 aliphatic carbocycles. The summed E-state index contributed by atoms with van der Waals surface area (Å²) >= 11 is 0. The molecule has 0 aromatic carbocycles. The van der Waals surface area contributed by atoms with Gasteiger partial charge in [-0.3, -0.25) is 9.69 Å². The molecule has 6 heteroatoms. The summed E-state index contributed by atoms with van der Waals surface area (Å²) in [5.74, 6) is 0.306. The molecule has 0 aromatic heterocycles. The van der Waals surface area contributed by atoms with E-state index < -0.39 is 0 Å². The summed E-state index contributed by atoms with van der Waals surface area (Å²) in [6.07, 6.45) is 4.13. The van der Waals surface area contributed by atoms with Gasteiger partial charge in [0.05, 0.1) is 24.7 Å². The van der Waals surface area contributed by atoms with E-state index in [4.69, 9.17) is 14.2 Å².